The molecule has 5 nitrogen and oxygen atoms in total. The summed E-state index contributed by atoms with van der Waals surface area (Å²) in [7, 11) is 0. The molecule has 2 aromatic carbocycles. The maximum absolute atomic E-state index is 10.7. The first-order valence-electron chi connectivity index (χ1n) is 5.16. The number of aromatic carboxylic acids is 1. The van der Waals surface area contributed by atoms with Gasteiger partial charge in [0.25, 0.3) is 5.69 Å². The number of carboxylic acids is 1. The molecule has 0 saturated heterocycles. The molecule has 0 heterocycles. The van der Waals surface area contributed by atoms with Crippen LogP contribution in [0.25, 0.3) is 11.1 Å². The third-order valence-corrected chi connectivity index (χ3v) is 2.54. The molecule has 0 atom stereocenters. The minimum atomic E-state index is -0.981. The van der Waals surface area contributed by atoms with Gasteiger partial charge < -0.3 is 5.11 Å². The Morgan fingerprint density at radius 1 is 0.947 bits per heavy atom. The van der Waals surface area contributed by atoms with Crippen molar-refractivity contribution >= 4 is 41.2 Å². The second kappa shape index (κ2) is 6.47. The average Bonchev–Trinajstić information content (AvgIpc) is 2.39. The summed E-state index contributed by atoms with van der Waals surface area (Å²) in [6.07, 6.45) is 0. The minimum Gasteiger partial charge on any atom is -0.478 e. The molecule has 0 aliphatic carbocycles. The quantitative estimate of drug-likeness (QED) is 0.526. The zero-order chi connectivity index (χ0) is 13.1. The van der Waals surface area contributed by atoms with E-state index in [0.29, 0.717) is 0 Å². The van der Waals surface area contributed by atoms with E-state index in [1.165, 1.54) is 24.3 Å². The maximum atomic E-state index is 10.7. The molecular weight excluding hydrogens is 257 g/mol. The first-order valence-corrected chi connectivity index (χ1v) is 5.16. The molecule has 1 radical (unpaired) electrons. The second-order valence-corrected chi connectivity index (χ2v) is 3.69. The molecule has 0 aliphatic rings. The number of non-ortho nitro benzene ring substituents is 1. The van der Waals surface area contributed by atoms with Crippen LogP contribution in [0.4, 0.5) is 5.69 Å². The first-order chi connectivity index (χ1) is 8.58. The van der Waals surface area contributed by atoms with Crippen molar-refractivity contribution in [1.29, 1.82) is 0 Å². The third kappa shape index (κ3) is 3.64. The predicted octanol–water partition coefficient (Wildman–Crippen LogP) is 2.58. The third-order valence-electron chi connectivity index (χ3n) is 2.54. The fourth-order valence-electron chi connectivity index (χ4n) is 1.58. The molecule has 6 heteroatoms. The Bertz CT molecular complexity index is 538. The fourth-order valence-corrected chi connectivity index (χ4v) is 1.58. The summed E-state index contributed by atoms with van der Waals surface area (Å²) in [5.74, 6) is -0.981. The van der Waals surface area contributed by atoms with Gasteiger partial charge in [-0.1, -0.05) is 12.1 Å². The van der Waals surface area contributed by atoms with Crippen LogP contribution in [0, 0.1) is 10.1 Å². The zero-order valence-corrected chi connectivity index (χ0v) is 12.2. The van der Waals surface area contributed by atoms with E-state index in [0.717, 1.165) is 11.1 Å². The summed E-state index contributed by atoms with van der Waals surface area (Å²) >= 11 is 0. The Morgan fingerprint density at radius 2 is 1.37 bits per heavy atom. The van der Waals surface area contributed by atoms with E-state index in [9.17, 15) is 14.9 Å². The fraction of sp³-hybridized carbons (Fsp3) is 0. The SMILES string of the molecule is O=C(O)c1ccc(-c2ccc([N+](=O)[O-])cc2)cc1.[Na]. The Labute approximate surface area is 131 Å². The molecule has 1 N–H and O–H groups in total. The van der Waals surface area contributed by atoms with Crippen LogP contribution in [0.5, 0.6) is 0 Å². The van der Waals surface area contributed by atoms with E-state index in [1.54, 1.807) is 24.3 Å². The molecule has 2 rings (SSSR count). The van der Waals surface area contributed by atoms with Crippen LogP contribution in [0.2, 0.25) is 0 Å². The summed E-state index contributed by atoms with van der Waals surface area (Å²) in [6, 6.07) is 12.4. The van der Waals surface area contributed by atoms with Gasteiger partial charge in [0.15, 0.2) is 0 Å². The molecule has 0 aromatic heterocycles. The van der Waals surface area contributed by atoms with Crippen LogP contribution in [0.15, 0.2) is 48.5 Å². The molecule has 0 bridgehead atoms. The van der Waals surface area contributed by atoms with E-state index < -0.39 is 10.9 Å². The Balaban J connectivity index is 0.00000180. The van der Waals surface area contributed by atoms with Crippen molar-refractivity contribution in [1.82, 2.24) is 0 Å². The number of nitro benzene ring substituents is 1. The molecule has 0 fully saturated rings. The summed E-state index contributed by atoms with van der Waals surface area (Å²) in [5.41, 5.74) is 1.86. The smallest absolute Gasteiger partial charge is 0.335 e. The molecule has 0 spiro atoms. The zero-order valence-electron chi connectivity index (χ0n) is 10.2. The van der Waals surface area contributed by atoms with Gasteiger partial charge >= 0.3 is 5.97 Å². The van der Waals surface area contributed by atoms with Crippen molar-refractivity contribution < 1.29 is 14.8 Å². The van der Waals surface area contributed by atoms with Crippen molar-refractivity contribution in [2.45, 2.75) is 0 Å². The monoisotopic (exact) mass is 266 g/mol. The van der Waals surface area contributed by atoms with E-state index >= 15 is 0 Å². The molecule has 91 valence electrons. The molecule has 0 amide bonds. The van der Waals surface area contributed by atoms with E-state index in [1.807, 2.05) is 0 Å². The molecule has 19 heavy (non-hydrogen) atoms. The Hall–Kier alpha value is -1.69. The number of rotatable bonds is 3. The number of hydrogen-bond donors (Lipinski definition) is 1. The van der Waals surface area contributed by atoms with Crippen LogP contribution >= 0.6 is 0 Å². The summed E-state index contributed by atoms with van der Waals surface area (Å²) < 4.78 is 0. The van der Waals surface area contributed by atoms with Gasteiger partial charge in [-0.15, -0.1) is 0 Å². The number of nitrogens with zero attached hydrogens (tertiary/aromatic N) is 1. The van der Waals surface area contributed by atoms with Crippen LogP contribution in [0.1, 0.15) is 10.4 Å². The van der Waals surface area contributed by atoms with Crippen molar-refractivity contribution in [3.63, 3.8) is 0 Å². The van der Waals surface area contributed by atoms with Gasteiger partial charge in [-0.2, -0.15) is 0 Å². The minimum absolute atomic E-state index is 0. The average molecular weight is 266 g/mol. The van der Waals surface area contributed by atoms with Crippen molar-refractivity contribution in [2.24, 2.45) is 0 Å². The second-order valence-electron chi connectivity index (χ2n) is 3.69. The topological polar surface area (TPSA) is 80.4 Å². The van der Waals surface area contributed by atoms with Crippen LogP contribution < -0.4 is 0 Å². The summed E-state index contributed by atoms with van der Waals surface area (Å²) in [6.45, 7) is 0. The number of benzene rings is 2. The molecule has 0 saturated carbocycles. The number of carboxylic acid groups (broad SMARTS) is 1. The van der Waals surface area contributed by atoms with Gasteiger partial charge in [-0.05, 0) is 35.4 Å². The first kappa shape index (κ1) is 15.4. The largest absolute Gasteiger partial charge is 0.478 e. The van der Waals surface area contributed by atoms with Crippen molar-refractivity contribution in [3.05, 3.63) is 64.2 Å². The van der Waals surface area contributed by atoms with Crippen LogP contribution in [-0.4, -0.2) is 45.6 Å². The molecule has 2 aromatic rings. The van der Waals surface area contributed by atoms with Gasteiger partial charge in [0.1, 0.15) is 0 Å². The van der Waals surface area contributed by atoms with Gasteiger partial charge in [0.05, 0.1) is 10.5 Å². The normalized spacial score (nSPS) is 9.47. The molecule has 0 aliphatic heterocycles. The number of hydrogen-bond acceptors (Lipinski definition) is 3. The van der Waals surface area contributed by atoms with E-state index in [4.69, 9.17) is 5.11 Å². The van der Waals surface area contributed by atoms with Gasteiger partial charge in [0, 0.05) is 41.7 Å². The van der Waals surface area contributed by atoms with Crippen LogP contribution in [0.3, 0.4) is 0 Å². The number of carbonyl (C=O) groups is 1. The Morgan fingerprint density at radius 3 is 1.74 bits per heavy atom. The maximum Gasteiger partial charge on any atom is 0.335 e. The van der Waals surface area contributed by atoms with Crippen LogP contribution in [-0.2, 0) is 0 Å². The van der Waals surface area contributed by atoms with E-state index in [2.05, 4.69) is 0 Å². The van der Waals surface area contributed by atoms with Gasteiger partial charge in [-0.25, -0.2) is 4.79 Å². The Kier molecular flexibility index (Phi) is 5.23. The van der Waals surface area contributed by atoms with Crippen molar-refractivity contribution in [3.8, 4) is 11.1 Å². The number of nitro groups is 1. The summed E-state index contributed by atoms with van der Waals surface area (Å²) in [4.78, 5) is 20.7. The van der Waals surface area contributed by atoms with E-state index in [-0.39, 0.29) is 40.8 Å². The molecular formula is C13H9NNaO4. The van der Waals surface area contributed by atoms with Gasteiger partial charge in [0.2, 0.25) is 0 Å². The summed E-state index contributed by atoms with van der Waals surface area (Å²) in [5, 5.41) is 19.3. The predicted molar refractivity (Wildman–Crippen MR) is 71.2 cm³/mol. The van der Waals surface area contributed by atoms with Crippen molar-refractivity contribution in [2.75, 3.05) is 0 Å². The van der Waals surface area contributed by atoms with Gasteiger partial charge in [-0.3, -0.25) is 10.1 Å². The molecule has 0 unspecified atom stereocenters. The standard InChI is InChI=1S/C13H9NO4.Na/c15-13(16)11-3-1-9(2-4-11)10-5-7-12(8-6-10)14(17)18;/h1-8H,(H,15,16);.